The Bertz CT molecular complexity index is 646. The van der Waals surface area contributed by atoms with E-state index >= 15 is 0 Å². The predicted octanol–water partition coefficient (Wildman–Crippen LogP) is 2.91. The van der Waals surface area contributed by atoms with E-state index in [9.17, 15) is 4.79 Å². The van der Waals surface area contributed by atoms with Crippen LogP contribution < -0.4 is 10.6 Å². The van der Waals surface area contributed by atoms with E-state index in [4.69, 9.17) is 4.74 Å². The van der Waals surface area contributed by atoms with E-state index < -0.39 is 0 Å². The first-order valence-electron chi connectivity index (χ1n) is 7.53. The number of carbonyl (C=O) groups excluding carboxylic acids is 1. The molecule has 4 heteroatoms. The summed E-state index contributed by atoms with van der Waals surface area (Å²) in [6.45, 7) is 4.44. The highest BCUT2D eigenvalue weighted by atomic mass is 16.5. The second-order valence-corrected chi connectivity index (χ2v) is 5.51. The van der Waals surface area contributed by atoms with Crippen LogP contribution in [0.4, 0.5) is 5.69 Å². The van der Waals surface area contributed by atoms with Crippen molar-refractivity contribution in [2.24, 2.45) is 0 Å². The lowest BCUT2D eigenvalue weighted by molar-refractivity contribution is 0.0277. The fourth-order valence-corrected chi connectivity index (χ4v) is 2.55. The van der Waals surface area contributed by atoms with Crippen LogP contribution in [0.25, 0.3) is 0 Å². The number of amides is 1. The molecule has 1 aliphatic rings. The molecule has 22 heavy (non-hydrogen) atoms. The highest BCUT2D eigenvalue weighted by molar-refractivity contribution is 6.04. The lowest BCUT2D eigenvalue weighted by atomic mass is 10.1. The molecule has 0 bridgehead atoms. The monoisotopic (exact) mass is 296 g/mol. The number of anilines is 1. The number of benzene rings is 2. The molecule has 2 aromatic rings. The molecular weight excluding hydrogens is 276 g/mol. The van der Waals surface area contributed by atoms with E-state index in [1.54, 1.807) is 0 Å². The van der Waals surface area contributed by atoms with Gasteiger partial charge in [0.25, 0.3) is 5.91 Å². The van der Waals surface area contributed by atoms with Crippen molar-refractivity contribution in [1.29, 1.82) is 0 Å². The fraction of sp³-hybridized carbons (Fsp3) is 0.278. The second kappa shape index (κ2) is 6.73. The van der Waals surface area contributed by atoms with Gasteiger partial charge in [-0.25, -0.2) is 0 Å². The number of carbonyl (C=O) groups is 1. The van der Waals surface area contributed by atoms with Gasteiger partial charge in [0.2, 0.25) is 0 Å². The summed E-state index contributed by atoms with van der Waals surface area (Å²) in [6.07, 6.45) is 0.0928. The minimum Gasteiger partial charge on any atom is -0.371 e. The summed E-state index contributed by atoms with van der Waals surface area (Å²) >= 11 is 0. The molecule has 3 rings (SSSR count). The molecular formula is C18H20N2O2. The smallest absolute Gasteiger partial charge is 0.255 e. The average Bonchev–Trinajstić information content (AvgIpc) is 2.56. The molecule has 1 atom stereocenters. The minimum absolute atomic E-state index is 0.0907. The normalized spacial score (nSPS) is 18.0. The highest BCUT2D eigenvalue weighted by Crippen LogP contribution is 2.21. The van der Waals surface area contributed by atoms with E-state index in [0.717, 1.165) is 36.5 Å². The minimum atomic E-state index is -0.0907. The molecule has 1 saturated heterocycles. The van der Waals surface area contributed by atoms with E-state index in [1.807, 2.05) is 55.5 Å². The molecule has 114 valence electrons. The third-order valence-electron chi connectivity index (χ3n) is 3.75. The topological polar surface area (TPSA) is 50.4 Å². The van der Waals surface area contributed by atoms with Gasteiger partial charge >= 0.3 is 0 Å². The predicted molar refractivity (Wildman–Crippen MR) is 87.1 cm³/mol. The Morgan fingerprint density at radius 3 is 2.73 bits per heavy atom. The standard InChI is InChI=1S/C18H20N2O2/c1-13-3-2-4-15(11-13)18(21)20-16-7-5-14(6-8-16)17-12-19-9-10-22-17/h2-8,11,17,19H,9-10,12H2,1H3,(H,20,21)/t17-/m1/s1. The van der Waals surface area contributed by atoms with Crippen molar-refractivity contribution in [3.63, 3.8) is 0 Å². The van der Waals surface area contributed by atoms with Crippen LogP contribution in [0.3, 0.4) is 0 Å². The summed E-state index contributed by atoms with van der Waals surface area (Å²) in [7, 11) is 0. The highest BCUT2D eigenvalue weighted by Gasteiger charge is 2.15. The van der Waals surface area contributed by atoms with Crippen LogP contribution >= 0.6 is 0 Å². The van der Waals surface area contributed by atoms with Crippen molar-refractivity contribution in [3.05, 3.63) is 65.2 Å². The van der Waals surface area contributed by atoms with Crippen LogP contribution in [0.5, 0.6) is 0 Å². The molecule has 0 spiro atoms. The van der Waals surface area contributed by atoms with E-state index in [1.165, 1.54) is 0 Å². The summed E-state index contributed by atoms with van der Waals surface area (Å²) in [4.78, 5) is 12.2. The first-order valence-corrected chi connectivity index (χ1v) is 7.53. The van der Waals surface area contributed by atoms with Gasteiger partial charge in [-0.1, -0.05) is 29.8 Å². The summed E-state index contributed by atoms with van der Waals surface area (Å²) in [6, 6.07) is 15.4. The Morgan fingerprint density at radius 2 is 2.05 bits per heavy atom. The van der Waals surface area contributed by atoms with E-state index in [0.29, 0.717) is 5.56 Å². The number of nitrogens with one attached hydrogen (secondary N) is 2. The average molecular weight is 296 g/mol. The maximum atomic E-state index is 12.2. The number of aryl methyl sites for hydroxylation is 1. The molecule has 1 heterocycles. The summed E-state index contributed by atoms with van der Waals surface area (Å²) in [5.41, 5.74) is 3.66. The summed E-state index contributed by atoms with van der Waals surface area (Å²) < 4.78 is 5.72. The molecule has 0 aliphatic carbocycles. The second-order valence-electron chi connectivity index (χ2n) is 5.51. The third kappa shape index (κ3) is 3.53. The number of ether oxygens (including phenoxy) is 1. The largest absolute Gasteiger partial charge is 0.371 e. The first-order chi connectivity index (χ1) is 10.7. The number of hydrogen-bond donors (Lipinski definition) is 2. The molecule has 0 unspecified atom stereocenters. The zero-order chi connectivity index (χ0) is 15.4. The van der Waals surface area contributed by atoms with Gasteiger partial charge in [0.05, 0.1) is 12.7 Å². The van der Waals surface area contributed by atoms with Crippen molar-refractivity contribution >= 4 is 11.6 Å². The van der Waals surface area contributed by atoms with Gasteiger partial charge in [-0.15, -0.1) is 0 Å². The molecule has 0 aromatic heterocycles. The molecule has 2 N–H and O–H groups in total. The molecule has 1 aliphatic heterocycles. The Morgan fingerprint density at radius 1 is 1.23 bits per heavy atom. The van der Waals surface area contributed by atoms with Gasteiger partial charge in [-0.3, -0.25) is 4.79 Å². The molecule has 1 fully saturated rings. The third-order valence-corrected chi connectivity index (χ3v) is 3.75. The van der Waals surface area contributed by atoms with Crippen molar-refractivity contribution < 1.29 is 9.53 Å². The van der Waals surface area contributed by atoms with Crippen LogP contribution in [-0.4, -0.2) is 25.6 Å². The molecule has 0 saturated carbocycles. The lowest BCUT2D eigenvalue weighted by Gasteiger charge is -2.24. The quantitative estimate of drug-likeness (QED) is 0.915. The molecule has 1 amide bonds. The van der Waals surface area contributed by atoms with Gasteiger partial charge in [0.1, 0.15) is 0 Å². The van der Waals surface area contributed by atoms with Crippen molar-refractivity contribution in [3.8, 4) is 0 Å². The van der Waals surface area contributed by atoms with E-state index in [-0.39, 0.29) is 12.0 Å². The molecule has 0 radical (unpaired) electrons. The summed E-state index contributed by atoms with van der Waals surface area (Å²) in [5.74, 6) is -0.0907. The van der Waals surface area contributed by atoms with Gasteiger partial charge in [0.15, 0.2) is 0 Å². The maximum absolute atomic E-state index is 12.2. The Hall–Kier alpha value is -2.17. The number of morpholine rings is 1. The van der Waals surface area contributed by atoms with Crippen LogP contribution in [0.2, 0.25) is 0 Å². The van der Waals surface area contributed by atoms with Crippen LogP contribution in [0, 0.1) is 6.92 Å². The molecule has 2 aromatic carbocycles. The maximum Gasteiger partial charge on any atom is 0.255 e. The van der Waals surface area contributed by atoms with Crippen molar-refractivity contribution in [2.45, 2.75) is 13.0 Å². The first kappa shape index (κ1) is 14.8. The van der Waals surface area contributed by atoms with Gasteiger partial charge in [-0.2, -0.15) is 0 Å². The Labute approximate surface area is 130 Å². The zero-order valence-electron chi connectivity index (χ0n) is 12.6. The number of hydrogen-bond acceptors (Lipinski definition) is 3. The van der Waals surface area contributed by atoms with Crippen molar-refractivity contribution in [2.75, 3.05) is 25.0 Å². The Balaban J connectivity index is 1.66. The zero-order valence-corrected chi connectivity index (χ0v) is 12.6. The van der Waals surface area contributed by atoms with Gasteiger partial charge in [0, 0.05) is 24.3 Å². The summed E-state index contributed by atoms with van der Waals surface area (Å²) in [5, 5.41) is 6.23. The van der Waals surface area contributed by atoms with E-state index in [2.05, 4.69) is 10.6 Å². The molecule has 4 nitrogen and oxygen atoms in total. The van der Waals surface area contributed by atoms with Crippen molar-refractivity contribution in [1.82, 2.24) is 5.32 Å². The van der Waals surface area contributed by atoms with Crippen LogP contribution in [0.15, 0.2) is 48.5 Å². The fourth-order valence-electron chi connectivity index (χ4n) is 2.55. The van der Waals surface area contributed by atoms with Crippen LogP contribution in [0.1, 0.15) is 27.6 Å². The van der Waals surface area contributed by atoms with Gasteiger partial charge < -0.3 is 15.4 Å². The van der Waals surface area contributed by atoms with Crippen LogP contribution in [-0.2, 0) is 4.74 Å². The SMILES string of the molecule is Cc1cccc(C(=O)Nc2ccc([C@H]3CNCCO3)cc2)c1. The van der Waals surface area contributed by atoms with Gasteiger partial charge in [-0.05, 0) is 36.8 Å². The lowest BCUT2D eigenvalue weighted by Crippen LogP contribution is -2.33. The number of rotatable bonds is 3. The Kier molecular flexibility index (Phi) is 4.51.